The first kappa shape index (κ1) is 13.9. The summed E-state index contributed by atoms with van der Waals surface area (Å²) in [5.74, 6) is 0. The summed E-state index contributed by atoms with van der Waals surface area (Å²) < 4.78 is 5.32. The Morgan fingerprint density at radius 1 is 1.21 bits per heavy atom. The lowest BCUT2D eigenvalue weighted by atomic mass is 10.0. The van der Waals surface area contributed by atoms with Gasteiger partial charge in [-0.25, -0.2) is 0 Å². The summed E-state index contributed by atoms with van der Waals surface area (Å²) in [4.78, 5) is 0. The van der Waals surface area contributed by atoms with Gasteiger partial charge in [0.25, 0.3) is 0 Å². The molecule has 0 aromatic rings. The Morgan fingerprint density at radius 3 is 2.21 bits per heavy atom. The highest BCUT2D eigenvalue weighted by atomic mass is 16.5. The first-order valence-electron chi connectivity index (χ1n) is 5.32. The van der Waals surface area contributed by atoms with Crippen LogP contribution in [-0.2, 0) is 4.74 Å². The Labute approximate surface area is 87.8 Å². The number of hydrogen-bond acceptors (Lipinski definition) is 3. The van der Waals surface area contributed by atoms with Gasteiger partial charge in [0.2, 0.25) is 0 Å². The van der Waals surface area contributed by atoms with Gasteiger partial charge in [0, 0.05) is 18.7 Å². The van der Waals surface area contributed by atoms with Crippen LogP contribution in [0.5, 0.6) is 0 Å². The van der Waals surface area contributed by atoms with E-state index in [1.54, 1.807) is 6.92 Å². The van der Waals surface area contributed by atoms with E-state index in [9.17, 15) is 5.11 Å². The van der Waals surface area contributed by atoms with Gasteiger partial charge in [-0.15, -0.1) is 0 Å². The number of nitrogens with one attached hydrogen (secondary N) is 1. The van der Waals surface area contributed by atoms with Gasteiger partial charge in [0.1, 0.15) is 0 Å². The monoisotopic (exact) mass is 203 g/mol. The highest BCUT2D eigenvalue weighted by Gasteiger charge is 2.22. The van der Waals surface area contributed by atoms with Crippen molar-refractivity contribution >= 4 is 0 Å². The Balaban J connectivity index is 3.72. The van der Waals surface area contributed by atoms with Crippen LogP contribution in [0, 0.1) is 0 Å². The van der Waals surface area contributed by atoms with Crippen LogP contribution >= 0.6 is 0 Å². The molecule has 0 aliphatic carbocycles. The Kier molecular flexibility index (Phi) is 5.64. The maximum Gasteiger partial charge on any atom is 0.0975 e. The van der Waals surface area contributed by atoms with Gasteiger partial charge >= 0.3 is 0 Å². The van der Waals surface area contributed by atoms with Gasteiger partial charge < -0.3 is 15.2 Å². The van der Waals surface area contributed by atoms with Crippen LogP contribution in [0.15, 0.2) is 0 Å². The molecule has 0 saturated carbocycles. The fourth-order valence-electron chi connectivity index (χ4n) is 0.943. The standard InChI is InChI=1S/C11H25NO2/c1-6-7-14-9-11(5,13)8-12-10(2,3)4/h12-13H,6-9H2,1-5H3. The second kappa shape index (κ2) is 5.69. The van der Waals surface area contributed by atoms with E-state index in [2.05, 4.69) is 33.0 Å². The minimum Gasteiger partial charge on any atom is -0.386 e. The molecule has 0 spiro atoms. The van der Waals surface area contributed by atoms with Crippen molar-refractivity contribution in [3.63, 3.8) is 0 Å². The number of rotatable bonds is 6. The van der Waals surface area contributed by atoms with Crippen molar-refractivity contribution in [2.45, 2.75) is 52.2 Å². The lowest BCUT2D eigenvalue weighted by molar-refractivity contribution is -0.0350. The smallest absolute Gasteiger partial charge is 0.0975 e. The molecule has 86 valence electrons. The number of ether oxygens (including phenoxy) is 1. The fourth-order valence-corrected chi connectivity index (χ4v) is 0.943. The lowest BCUT2D eigenvalue weighted by Gasteiger charge is -2.29. The molecule has 0 amide bonds. The van der Waals surface area contributed by atoms with Crippen LogP contribution in [-0.4, -0.2) is 36.0 Å². The number of β-amino-alcohol motifs (C(OH)–C–C–N with tert-alkyl or cyclic N) is 1. The third-order valence-corrected chi connectivity index (χ3v) is 1.76. The molecule has 0 saturated heterocycles. The summed E-state index contributed by atoms with van der Waals surface area (Å²) in [6, 6.07) is 0. The third-order valence-electron chi connectivity index (χ3n) is 1.76. The van der Waals surface area contributed by atoms with E-state index in [0.717, 1.165) is 6.42 Å². The van der Waals surface area contributed by atoms with Crippen molar-refractivity contribution in [1.82, 2.24) is 5.32 Å². The molecule has 2 N–H and O–H groups in total. The SMILES string of the molecule is CCCOCC(C)(O)CNC(C)(C)C. The molecule has 0 aliphatic heterocycles. The van der Waals surface area contributed by atoms with E-state index in [4.69, 9.17) is 4.74 Å². The summed E-state index contributed by atoms with van der Waals surface area (Å²) >= 11 is 0. The molecule has 0 fully saturated rings. The molecule has 1 atom stereocenters. The zero-order valence-corrected chi connectivity index (χ0v) is 10.2. The minimum absolute atomic E-state index is 0.0365. The molecular weight excluding hydrogens is 178 g/mol. The maximum atomic E-state index is 9.92. The van der Waals surface area contributed by atoms with Gasteiger partial charge in [0.15, 0.2) is 0 Å². The predicted molar refractivity (Wildman–Crippen MR) is 59.5 cm³/mol. The first-order valence-corrected chi connectivity index (χ1v) is 5.32. The second-order valence-electron chi connectivity index (χ2n) is 5.15. The van der Waals surface area contributed by atoms with Crippen molar-refractivity contribution in [1.29, 1.82) is 0 Å². The fraction of sp³-hybridized carbons (Fsp3) is 1.00. The van der Waals surface area contributed by atoms with Gasteiger partial charge in [-0.05, 0) is 34.1 Å². The van der Waals surface area contributed by atoms with E-state index in [-0.39, 0.29) is 5.54 Å². The van der Waals surface area contributed by atoms with Crippen molar-refractivity contribution in [3.8, 4) is 0 Å². The van der Waals surface area contributed by atoms with Gasteiger partial charge in [-0.2, -0.15) is 0 Å². The Bertz CT molecular complexity index is 150. The topological polar surface area (TPSA) is 41.5 Å². The van der Waals surface area contributed by atoms with Gasteiger partial charge in [0.05, 0.1) is 12.2 Å². The molecule has 0 radical (unpaired) electrons. The maximum absolute atomic E-state index is 9.92. The molecule has 1 unspecified atom stereocenters. The zero-order valence-electron chi connectivity index (χ0n) is 10.2. The van der Waals surface area contributed by atoms with Crippen LogP contribution in [0.4, 0.5) is 0 Å². The second-order valence-corrected chi connectivity index (χ2v) is 5.15. The van der Waals surface area contributed by atoms with Crippen LogP contribution in [0.3, 0.4) is 0 Å². The van der Waals surface area contributed by atoms with E-state index < -0.39 is 5.60 Å². The molecule has 0 aliphatic rings. The van der Waals surface area contributed by atoms with Crippen LogP contribution in [0.1, 0.15) is 41.0 Å². The van der Waals surface area contributed by atoms with E-state index in [1.165, 1.54) is 0 Å². The quantitative estimate of drug-likeness (QED) is 0.644. The normalized spacial score (nSPS) is 16.7. The molecule has 0 rings (SSSR count). The molecule has 0 heterocycles. The number of hydrogen-bond donors (Lipinski definition) is 2. The van der Waals surface area contributed by atoms with Crippen LogP contribution in [0.2, 0.25) is 0 Å². The highest BCUT2D eigenvalue weighted by molar-refractivity contribution is 4.80. The Hall–Kier alpha value is -0.120. The van der Waals surface area contributed by atoms with Gasteiger partial charge in [-0.1, -0.05) is 6.92 Å². The summed E-state index contributed by atoms with van der Waals surface area (Å²) in [6.45, 7) is 11.8. The first-order chi connectivity index (χ1) is 6.27. The summed E-state index contributed by atoms with van der Waals surface area (Å²) in [5, 5.41) is 13.2. The zero-order chi connectivity index (χ0) is 11.2. The van der Waals surface area contributed by atoms with Crippen LogP contribution in [0.25, 0.3) is 0 Å². The average molecular weight is 203 g/mol. The molecule has 0 aromatic carbocycles. The third kappa shape index (κ3) is 8.48. The molecule has 0 bridgehead atoms. The molecule has 3 heteroatoms. The van der Waals surface area contributed by atoms with E-state index >= 15 is 0 Å². The summed E-state index contributed by atoms with van der Waals surface area (Å²) in [7, 11) is 0. The lowest BCUT2D eigenvalue weighted by Crippen LogP contribution is -2.48. The predicted octanol–water partition coefficient (Wildman–Crippen LogP) is 1.55. The number of aliphatic hydroxyl groups is 1. The Morgan fingerprint density at radius 2 is 1.79 bits per heavy atom. The molecular formula is C11H25NO2. The largest absolute Gasteiger partial charge is 0.386 e. The molecule has 14 heavy (non-hydrogen) atoms. The van der Waals surface area contributed by atoms with E-state index in [1.807, 2.05) is 0 Å². The minimum atomic E-state index is -0.775. The van der Waals surface area contributed by atoms with Gasteiger partial charge in [-0.3, -0.25) is 0 Å². The molecule has 0 aromatic heterocycles. The van der Waals surface area contributed by atoms with Crippen molar-refractivity contribution in [2.75, 3.05) is 19.8 Å². The average Bonchev–Trinajstić information content (AvgIpc) is 2.00. The van der Waals surface area contributed by atoms with E-state index in [0.29, 0.717) is 19.8 Å². The van der Waals surface area contributed by atoms with Crippen molar-refractivity contribution < 1.29 is 9.84 Å². The molecule has 3 nitrogen and oxygen atoms in total. The summed E-state index contributed by atoms with van der Waals surface area (Å²) in [5.41, 5.74) is -0.739. The van der Waals surface area contributed by atoms with Crippen molar-refractivity contribution in [3.05, 3.63) is 0 Å². The summed E-state index contributed by atoms with van der Waals surface area (Å²) in [6.07, 6.45) is 0.989. The van der Waals surface area contributed by atoms with Crippen LogP contribution < -0.4 is 5.32 Å². The van der Waals surface area contributed by atoms with Crippen molar-refractivity contribution in [2.24, 2.45) is 0 Å². The highest BCUT2D eigenvalue weighted by Crippen LogP contribution is 2.06.